The lowest BCUT2D eigenvalue weighted by atomic mass is 10.1. The maximum Gasteiger partial charge on any atom is 0.123 e. The molecule has 0 fully saturated rings. The molecule has 0 spiro atoms. The van der Waals surface area contributed by atoms with Crippen LogP contribution in [0.3, 0.4) is 0 Å². The van der Waals surface area contributed by atoms with Gasteiger partial charge in [-0.2, -0.15) is 0 Å². The van der Waals surface area contributed by atoms with Crippen LogP contribution in [-0.4, -0.2) is 50.6 Å². The minimum atomic E-state index is -0.224. The smallest absolute Gasteiger partial charge is 0.123 e. The lowest BCUT2D eigenvalue weighted by Crippen LogP contribution is -2.31. The van der Waals surface area contributed by atoms with E-state index in [9.17, 15) is 4.39 Å². The predicted octanol–water partition coefficient (Wildman–Crippen LogP) is 1.71. The number of benzene rings is 1. The van der Waals surface area contributed by atoms with E-state index in [4.69, 9.17) is 5.73 Å². The zero-order chi connectivity index (χ0) is 13.5. The van der Waals surface area contributed by atoms with E-state index >= 15 is 0 Å². The summed E-state index contributed by atoms with van der Waals surface area (Å²) in [6.45, 7) is 2.82. The van der Waals surface area contributed by atoms with Crippen molar-refractivity contribution >= 4 is 0 Å². The van der Waals surface area contributed by atoms with Crippen molar-refractivity contribution in [3.8, 4) is 0 Å². The highest BCUT2D eigenvalue weighted by atomic mass is 19.1. The summed E-state index contributed by atoms with van der Waals surface area (Å²) in [4.78, 5) is 4.36. The van der Waals surface area contributed by atoms with Gasteiger partial charge in [-0.05, 0) is 58.3 Å². The molecule has 1 atom stereocenters. The van der Waals surface area contributed by atoms with Crippen LogP contribution in [0.15, 0.2) is 24.3 Å². The summed E-state index contributed by atoms with van der Waals surface area (Å²) >= 11 is 0. The third-order valence-corrected chi connectivity index (χ3v) is 2.93. The van der Waals surface area contributed by atoms with E-state index in [0.29, 0.717) is 0 Å². The average molecular weight is 253 g/mol. The molecule has 0 aliphatic rings. The molecule has 4 heteroatoms. The normalized spacial score (nSPS) is 13.3. The molecule has 0 bridgehead atoms. The van der Waals surface area contributed by atoms with Crippen LogP contribution >= 0.6 is 0 Å². The Morgan fingerprint density at radius 2 is 1.94 bits per heavy atom. The zero-order valence-electron chi connectivity index (χ0n) is 11.6. The highest BCUT2D eigenvalue weighted by Crippen LogP contribution is 2.12. The lowest BCUT2D eigenvalue weighted by Gasteiger charge is -2.22. The molecule has 102 valence electrons. The monoisotopic (exact) mass is 253 g/mol. The van der Waals surface area contributed by atoms with Gasteiger partial charge in [-0.3, -0.25) is 0 Å². The standard InChI is InChI=1S/C14H24FN3/c1-17(2)8-5-9-18(3)11-14(16)12-6-4-7-13(15)10-12/h4,6-7,10,14H,5,8-9,11,16H2,1-3H3. The van der Waals surface area contributed by atoms with Gasteiger partial charge in [-0.15, -0.1) is 0 Å². The average Bonchev–Trinajstić information content (AvgIpc) is 2.28. The fourth-order valence-electron chi connectivity index (χ4n) is 1.93. The topological polar surface area (TPSA) is 32.5 Å². The molecule has 0 aliphatic heterocycles. The minimum absolute atomic E-state index is 0.134. The summed E-state index contributed by atoms with van der Waals surface area (Å²) in [5, 5.41) is 0. The van der Waals surface area contributed by atoms with Gasteiger partial charge in [0, 0.05) is 12.6 Å². The van der Waals surface area contributed by atoms with Gasteiger partial charge in [0.05, 0.1) is 0 Å². The third kappa shape index (κ3) is 5.58. The molecule has 0 aliphatic carbocycles. The Balaban J connectivity index is 2.37. The van der Waals surface area contributed by atoms with Gasteiger partial charge in [-0.1, -0.05) is 12.1 Å². The number of halogens is 1. The fourth-order valence-corrected chi connectivity index (χ4v) is 1.93. The van der Waals surface area contributed by atoms with Gasteiger partial charge in [-0.25, -0.2) is 4.39 Å². The Morgan fingerprint density at radius 3 is 2.56 bits per heavy atom. The van der Waals surface area contributed by atoms with Crippen LogP contribution in [0, 0.1) is 5.82 Å². The molecule has 18 heavy (non-hydrogen) atoms. The Morgan fingerprint density at radius 1 is 1.22 bits per heavy atom. The number of hydrogen-bond acceptors (Lipinski definition) is 3. The maximum atomic E-state index is 13.1. The van der Waals surface area contributed by atoms with Crippen molar-refractivity contribution < 1.29 is 4.39 Å². The van der Waals surface area contributed by atoms with Crippen LogP contribution in [0.1, 0.15) is 18.0 Å². The van der Waals surface area contributed by atoms with E-state index < -0.39 is 0 Å². The van der Waals surface area contributed by atoms with Crippen LogP contribution in [0.25, 0.3) is 0 Å². The van der Waals surface area contributed by atoms with Crippen molar-refractivity contribution in [1.82, 2.24) is 9.80 Å². The molecule has 1 rings (SSSR count). The van der Waals surface area contributed by atoms with Gasteiger partial charge in [0.1, 0.15) is 5.82 Å². The summed E-state index contributed by atoms with van der Waals surface area (Å²) in [6.07, 6.45) is 1.11. The molecule has 0 saturated heterocycles. The number of rotatable bonds is 7. The summed E-state index contributed by atoms with van der Waals surface area (Å²) in [6, 6.07) is 6.40. The second-order valence-corrected chi connectivity index (χ2v) is 5.08. The van der Waals surface area contributed by atoms with E-state index in [-0.39, 0.29) is 11.9 Å². The summed E-state index contributed by atoms with van der Waals surface area (Å²) in [5.74, 6) is -0.224. The SMILES string of the molecule is CN(C)CCCN(C)CC(N)c1cccc(F)c1. The van der Waals surface area contributed by atoms with Crippen molar-refractivity contribution in [2.75, 3.05) is 40.8 Å². The summed E-state index contributed by atoms with van der Waals surface area (Å²) < 4.78 is 13.1. The Kier molecular flexibility index (Phi) is 6.25. The van der Waals surface area contributed by atoms with Crippen LogP contribution in [0.4, 0.5) is 4.39 Å². The molecule has 1 aromatic rings. The molecule has 0 heterocycles. The number of likely N-dealkylation sites (N-methyl/N-ethyl adjacent to an activating group) is 1. The van der Waals surface area contributed by atoms with Gasteiger partial charge in [0.15, 0.2) is 0 Å². The van der Waals surface area contributed by atoms with E-state index in [2.05, 4.69) is 30.9 Å². The molecule has 0 radical (unpaired) electrons. The Bertz CT molecular complexity index is 355. The van der Waals surface area contributed by atoms with Gasteiger partial charge in [0.25, 0.3) is 0 Å². The molecule has 1 unspecified atom stereocenters. The van der Waals surface area contributed by atoms with Gasteiger partial charge in [0.2, 0.25) is 0 Å². The lowest BCUT2D eigenvalue weighted by molar-refractivity contribution is 0.286. The number of hydrogen-bond donors (Lipinski definition) is 1. The number of nitrogens with zero attached hydrogens (tertiary/aromatic N) is 2. The molecular formula is C14H24FN3. The largest absolute Gasteiger partial charge is 0.323 e. The zero-order valence-corrected chi connectivity index (χ0v) is 11.6. The highest BCUT2D eigenvalue weighted by molar-refractivity contribution is 5.20. The van der Waals surface area contributed by atoms with Crippen molar-refractivity contribution in [2.24, 2.45) is 5.73 Å². The van der Waals surface area contributed by atoms with Crippen molar-refractivity contribution in [2.45, 2.75) is 12.5 Å². The first-order valence-electron chi connectivity index (χ1n) is 6.33. The second kappa shape index (κ2) is 7.46. The van der Waals surface area contributed by atoms with Crippen LogP contribution < -0.4 is 5.73 Å². The summed E-state index contributed by atoms with van der Waals surface area (Å²) in [5.41, 5.74) is 6.93. The number of nitrogens with two attached hydrogens (primary N) is 1. The first-order valence-corrected chi connectivity index (χ1v) is 6.33. The molecule has 0 aromatic heterocycles. The molecule has 1 aromatic carbocycles. The Hall–Kier alpha value is -0.970. The molecular weight excluding hydrogens is 229 g/mol. The Labute approximate surface area is 109 Å². The summed E-state index contributed by atoms with van der Waals surface area (Å²) in [7, 11) is 6.19. The van der Waals surface area contributed by atoms with E-state index in [1.807, 2.05) is 6.07 Å². The van der Waals surface area contributed by atoms with Crippen LogP contribution in [0.2, 0.25) is 0 Å². The van der Waals surface area contributed by atoms with E-state index in [0.717, 1.165) is 31.6 Å². The maximum absolute atomic E-state index is 13.1. The fraction of sp³-hybridized carbons (Fsp3) is 0.571. The van der Waals surface area contributed by atoms with E-state index in [1.54, 1.807) is 6.07 Å². The third-order valence-electron chi connectivity index (χ3n) is 2.93. The van der Waals surface area contributed by atoms with Gasteiger partial charge >= 0.3 is 0 Å². The van der Waals surface area contributed by atoms with Gasteiger partial charge < -0.3 is 15.5 Å². The quantitative estimate of drug-likeness (QED) is 0.803. The molecule has 2 N–H and O–H groups in total. The van der Waals surface area contributed by atoms with Crippen molar-refractivity contribution in [3.05, 3.63) is 35.6 Å². The van der Waals surface area contributed by atoms with Crippen molar-refractivity contribution in [1.29, 1.82) is 0 Å². The predicted molar refractivity (Wildman–Crippen MR) is 74.0 cm³/mol. The minimum Gasteiger partial charge on any atom is -0.323 e. The molecule has 0 saturated carbocycles. The van der Waals surface area contributed by atoms with Crippen LogP contribution in [0.5, 0.6) is 0 Å². The molecule has 0 amide bonds. The van der Waals surface area contributed by atoms with Crippen molar-refractivity contribution in [3.63, 3.8) is 0 Å². The highest BCUT2D eigenvalue weighted by Gasteiger charge is 2.09. The molecule has 3 nitrogen and oxygen atoms in total. The second-order valence-electron chi connectivity index (χ2n) is 5.08. The van der Waals surface area contributed by atoms with E-state index in [1.165, 1.54) is 12.1 Å². The first-order chi connectivity index (χ1) is 8.49. The van der Waals surface area contributed by atoms with Crippen LogP contribution in [-0.2, 0) is 0 Å². The first kappa shape index (κ1) is 15.1.